The fraction of sp³-hybridized carbons (Fsp3) is 0.417. The van der Waals surface area contributed by atoms with Crippen molar-refractivity contribution in [2.45, 2.75) is 13.0 Å². The van der Waals surface area contributed by atoms with Crippen molar-refractivity contribution < 1.29 is 24.1 Å². The molecule has 1 aromatic carbocycles. The highest BCUT2D eigenvalue weighted by molar-refractivity contribution is 5.93. The van der Waals surface area contributed by atoms with Crippen LogP contribution < -0.4 is 14.5 Å². The number of carbonyl (C=O) groups is 1. The number of aromatic nitrogens is 3. The lowest BCUT2D eigenvalue weighted by Gasteiger charge is -2.34. The van der Waals surface area contributed by atoms with Gasteiger partial charge in [-0.3, -0.25) is 0 Å². The summed E-state index contributed by atoms with van der Waals surface area (Å²) in [6, 6.07) is 9.00. The molecule has 0 aliphatic carbocycles. The molecule has 0 amide bonds. The van der Waals surface area contributed by atoms with Crippen molar-refractivity contribution in [3.05, 3.63) is 35.9 Å². The zero-order valence-electron chi connectivity index (χ0n) is 19.2. The van der Waals surface area contributed by atoms with Crippen molar-refractivity contribution in [1.82, 2.24) is 15.0 Å². The molecule has 2 aromatic heterocycles. The average Bonchev–Trinajstić information content (AvgIpc) is 2.88. The van der Waals surface area contributed by atoms with E-state index in [0.717, 1.165) is 24.3 Å². The number of nitrogens with zero attached hydrogens (tertiary/aromatic N) is 5. The van der Waals surface area contributed by atoms with Crippen LogP contribution in [0.25, 0.3) is 22.3 Å². The van der Waals surface area contributed by atoms with Gasteiger partial charge in [0.05, 0.1) is 50.7 Å². The Labute approximate surface area is 197 Å². The molecule has 5 rings (SSSR count). The second-order valence-corrected chi connectivity index (χ2v) is 8.35. The third kappa shape index (κ3) is 4.22. The molecule has 178 valence electrons. The first kappa shape index (κ1) is 22.3. The van der Waals surface area contributed by atoms with Crippen LogP contribution in [-0.4, -0.2) is 85.2 Å². The fourth-order valence-electron chi connectivity index (χ4n) is 4.35. The zero-order chi connectivity index (χ0) is 23.7. The summed E-state index contributed by atoms with van der Waals surface area (Å²) in [6.07, 6.45) is 0. The third-order valence-electron chi connectivity index (χ3n) is 6.19. The molecule has 0 bridgehead atoms. The summed E-state index contributed by atoms with van der Waals surface area (Å²) in [4.78, 5) is 30.7. The lowest BCUT2D eigenvalue weighted by Crippen LogP contribution is -2.45. The largest absolute Gasteiger partial charge is 0.496 e. The average molecular weight is 466 g/mol. The standard InChI is InChI=1S/C24H27N5O5/c1-15-14-34-12-9-29(15)24-26-21-17(22(27-24)28-7-10-33-11-8-28)4-5-19(25-21)16-3-6-20(32-2)18(13-16)23(30)31/h3-6,13,15H,7-12,14H2,1-2H3,(H,30,31). The second kappa shape index (κ2) is 9.40. The molecule has 1 atom stereocenters. The van der Waals surface area contributed by atoms with Gasteiger partial charge in [-0.05, 0) is 37.3 Å². The number of morpholine rings is 2. The van der Waals surface area contributed by atoms with Crippen LogP contribution >= 0.6 is 0 Å². The van der Waals surface area contributed by atoms with Crippen LogP contribution in [0.4, 0.5) is 11.8 Å². The van der Waals surface area contributed by atoms with E-state index < -0.39 is 5.97 Å². The Hall–Kier alpha value is -3.50. The molecule has 2 aliphatic heterocycles. The first-order chi connectivity index (χ1) is 16.5. The summed E-state index contributed by atoms with van der Waals surface area (Å²) in [7, 11) is 1.45. The molecule has 0 saturated carbocycles. The number of pyridine rings is 1. The van der Waals surface area contributed by atoms with Gasteiger partial charge in [0.2, 0.25) is 5.95 Å². The molecule has 4 heterocycles. The van der Waals surface area contributed by atoms with Gasteiger partial charge >= 0.3 is 5.97 Å². The van der Waals surface area contributed by atoms with E-state index in [1.165, 1.54) is 7.11 Å². The number of rotatable bonds is 5. The van der Waals surface area contributed by atoms with Gasteiger partial charge in [0.1, 0.15) is 17.1 Å². The predicted molar refractivity (Wildman–Crippen MR) is 127 cm³/mol. The van der Waals surface area contributed by atoms with Crippen molar-refractivity contribution in [3.63, 3.8) is 0 Å². The van der Waals surface area contributed by atoms with Gasteiger partial charge in [-0.2, -0.15) is 9.97 Å². The maximum absolute atomic E-state index is 11.7. The van der Waals surface area contributed by atoms with E-state index in [-0.39, 0.29) is 11.6 Å². The quantitative estimate of drug-likeness (QED) is 0.603. The molecule has 2 saturated heterocycles. The van der Waals surface area contributed by atoms with Crippen LogP contribution in [0.2, 0.25) is 0 Å². The maximum atomic E-state index is 11.7. The van der Waals surface area contributed by atoms with Gasteiger partial charge in [0.25, 0.3) is 0 Å². The molecule has 1 unspecified atom stereocenters. The third-order valence-corrected chi connectivity index (χ3v) is 6.19. The number of aromatic carboxylic acids is 1. The van der Waals surface area contributed by atoms with Crippen LogP contribution in [0.5, 0.6) is 5.75 Å². The molecular weight excluding hydrogens is 438 g/mol. The number of fused-ring (bicyclic) bond motifs is 1. The zero-order valence-corrected chi connectivity index (χ0v) is 19.2. The monoisotopic (exact) mass is 465 g/mol. The van der Waals surface area contributed by atoms with Gasteiger partial charge in [0.15, 0.2) is 5.65 Å². The molecule has 34 heavy (non-hydrogen) atoms. The van der Waals surface area contributed by atoms with Crippen LogP contribution in [0, 0.1) is 0 Å². The van der Waals surface area contributed by atoms with Crippen molar-refractivity contribution in [3.8, 4) is 17.0 Å². The van der Waals surface area contributed by atoms with E-state index in [4.69, 9.17) is 29.2 Å². The number of hydrogen-bond donors (Lipinski definition) is 1. The van der Waals surface area contributed by atoms with Crippen molar-refractivity contribution >= 4 is 28.8 Å². The van der Waals surface area contributed by atoms with Gasteiger partial charge < -0.3 is 29.1 Å². The van der Waals surface area contributed by atoms with Gasteiger partial charge in [-0.15, -0.1) is 0 Å². The van der Waals surface area contributed by atoms with Crippen molar-refractivity contribution in [1.29, 1.82) is 0 Å². The van der Waals surface area contributed by atoms with Crippen molar-refractivity contribution in [2.75, 3.05) is 63.0 Å². The number of carboxylic acid groups (broad SMARTS) is 1. The summed E-state index contributed by atoms with van der Waals surface area (Å²) in [5.74, 6) is 0.704. The molecule has 10 nitrogen and oxygen atoms in total. The van der Waals surface area contributed by atoms with E-state index in [9.17, 15) is 9.90 Å². The molecule has 10 heteroatoms. The van der Waals surface area contributed by atoms with Crippen LogP contribution in [0.15, 0.2) is 30.3 Å². The lowest BCUT2D eigenvalue weighted by molar-refractivity contribution is 0.0693. The van der Waals surface area contributed by atoms with E-state index >= 15 is 0 Å². The van der Waals surface area contributed by atoms with Crippen LogP contribution in [-0.2, 0) is 9.47 Å². The minimum absolute atomic E-state index is 0.0846. The first-order valence-electron chi connectivity index (χ1n) is 11.3. The van der Waals surface area contributed by atoms with Crippen LogP contribution in [0.1, 0.15) is 17.3 Å². The molecular formula is C24H27N5O5. The Morgan fingerprint density at radius 3 is 2.59 bits per heavy atom. The normalized spacial score (nSPS) is 18.8. The SMILES string of the molecule is COc1ccc(-c2ccc3c(N4CCOCC4)nc(N4CCOCC4C)nc3n2)cc1C(=O)O. The number of methoxy groups -OCH3 is 1. The number of hydrogen-bond acceptors (Lipinski definition) is 9. The van der Waals surface area contributed by atoms with E-state index in [1.807, 2.05) is 12.1 Å². The smallest absolute Gasteiger partial charge is 0.339 e. The molecule has 0 spiro atoms. The van der Waals surface area contributed by atoms with E-state index in [0.29, 0.717) is 61.6 Å². The lowest BCUT2D eigenvalue weighted by atomic mass is 10.1. The first-order valence-corrected chi connectivity index (χ1v) is 11.3. The summed E-state index contributed by atoms with van der Waals surface area (Å²) >= 11 is 0. The number of ether oxygens (including phenoxy) is 3. The molecule has 0 radical (unpaired) electrons. The van der Waals surface area contributed by atoms with Gasteiger partial charge in [-0.25, -0.2) is 9.78 Å². The maximum Gasteiger partial charge on any atom is 0.339 e. The highest BCUT2D eigenvalue weighted by Gasteiger charge is 2.25. The Kier molecular flexibility index (Phi) is 6.16. The molecule has 1 N–H and O–H groups in total. The van der Waals surface area contributed by atoms with Gasteiger partial charge in [-0.1, -0.05) is 0 Å². The van der Waals surface area contributed by atoms with E-state index in [2.05, 4.69) is 16.7 Å². The Balaban J connectivity index is 1.63. The number of anilines is 2. The highest BCUT2D eigenvalue weighted by Crippen LogP contribution is 2.31. The highest BCUT2D eigenvalue weighted by atomic mass is 16.5. The second-order valence-electron chi connectivity index (χ2n) is 8.35. The van der Waals surface area contributed by atoms with Crippen molar-refractivity contribution in [2.24, 2.45) is 0 Å². The van der Waals surface area contributed by atoms with E-state index in [1.54, 1.807) is 18.2 Å². The minimum atomic E-state index is -1.06. The topological polar surface area (TPSA) is 110 Å². The fourth-order valence-corrected chi connectivity index (χ4v) is 4.35. The predicted octanol–water partition coefficient (Wildman–Crippen LogP) is 2.46. The summed E-state index contributed by atoms with van der Waals surface area (Å²) in [5, 5.41) is 10.4. The summed E-state index contributed by atoms with van der Waals surface area (Å²) in [6.45, 7) is 6.81. The Morgan fingerprint density at radius 2 is 1.85 bits per heavy atom. The van der Waals surface area contributed by atoms with Crippen LogP contribution in [0.3, 0.4) is 0 Å². The Bertz CT molecular complexity index is 1210. The summed E-state index contributed by atoms with van der Waals surface area (Å²) < 4.78 is 16.3. The number of carboxylic acids is 1. The number of benzene rings is 1. The summed E-state index contributed by atoms with van der Waals surface area (Å²) in [5.41, 5.74) is 1.95. The molecule has 2 aliphatic rings. The molecule has 2 fully saturated rings. The van der Waals surface area contributed by atoms with Gasteiger partial charge in [0, 0.05) is 25.2 Å². The molecule has 3 aromatic rings. The minimum Gasteiger partial charge on any atom is -0.496 e. The Morgan fingerprint density at radius 1 is 1.06 bits per heavy atom.